The summed E-state index contributed by atoms with van der Waals surface area (Å²) < 4.78 is 0. The lowest BCUT2D eigenvalue weighted by Gasteiger charge is -2.11. The number of carbonyl (C=O) groups excluding carboxylic acids is 1. The minimum Gasteiger partial charge on any atom is -0.393 e. The third kappa shape index (κ3) is 2.95. The van der Waals surface area contributed by atoms with Crippen molar-refractivity contribution in [1.29, 1.82) is 0 Å². The first-order valence-corrected chi connectivity index (χ1v) is 6.39. The van der Waals surface area contributed by atoms with Crippen molar-refractivity contribution < 1.29 is 9.72 Å². The van der Waals surface area contributed by atoms with Gasteiger partial charge in [-0.3, -0.25) is 14.9 Å². The molecule has 0 radical (unpaired) electrons. The van der Waals surface area contributed by atoms with Gasteiger partial charge in [0.2, 0.25) is 0 Å². The number of nitrogens with zero attached hydrogens (tertiary/aromatic N) is 1. The zero-order valence-electron chi connectivity index (χ0n) is 11.1. The van der Waals surface area contributed by atoms with Gasteiger partial charge in [-0.2, -0.15) is 0 Å². The van der Waals surface area contributed by atoms with Crippen LogP contribution in [0.1, 0.15) is 15.9 Å². The molecule has 1 amide bonds. The molecule has 0 aliphatic heterocycles. The molecule has 0 saturated carbocycles. The molecule has 21 heavy (non-hydrogen) atoms. The molecule has 0 atom stereocenters. The van der Waals surface area contributed by atoms with E-state index in [1.807, 2.05) is 0 Å². The second-order valence-electron chi connectivity index (χ2n) is 4.39. The molecule has 2 rings (SSSR count). The van der Waals surface area contributed by atoms with E-state index in [4.69, 9.17) is 17.3 Å². The Morgan fingerprint density at radius 3 is 2.57 bits per heavy atom. The van der Waals surface area contributed by atoms with Crippen LogP contribution in [0.15, 0.2) is 36.4 Å². The lowest BCUT2D eigenvalue weighted by Crippen LogP contribution is -2.15. The lowest BCUT2D eigenvalue weighted by atomic mass is 10.1. The van der Waals surface area contributed by atoms with Crippen LogP contribution < -0.4 is 11.1 Å². The normalized spacial score (nSPS) is 10.2. The number of nitro groups is 1. The van der Waals surface area contributed by atoms with E-state index in [0.29, 0.717) is 10.7 Å². The Morgan fingerprint density at radius 2 is 1.95 bits per heavy atom. The predicted octanol–water partition coefficient (Wildman–Crippen LogP) is 3.39. The second kappa shape index (κ2) is 5.80. The number of aryl methyl sites for hydroxylation is 1. The lowest BCUT2D eigenvalue weighted by molar-refractivity contribution is -0.384. The zero-order valence-corrected chi connectivity index (χ0v) is 11.8. The number of nitro benzene ring substituents is 1. The third-order valence-electron chi connectivity index (χ3n) is 2.95. The maximum Gasteiger partial charge on any atom is 0.304 e. The van der Waals surface area contributed by atoms with Crippen LogP contribution in [0.2, 0.25) is 5.02 Å². The van der Waals surface area contributed by atoms with E-state index in [0.717, 1.165) is 5.56 Å². The van der Waals surface area contributed by atoms with Crippen LogP contribution in [0.4, 0.5) is 17.1 Å². The molecule has 0 spiro atoms. The third-order valence-corrected chi connectivity index (χ3v) is 3.27. The largest absolute Gasteiger partial charge is 0.393 e. The van der Waals surface area contributed by atoms with Gasteiger partial charge in [0.1, 0.15) is 11.3 Å². The minimum absolute atomic E-state index is 0.0662. The van der Waals surface area contributed by atoms with Crippen molar-refractivity contribution in [3.8, 4) is 0 Å². The number of nitrogens with one attached hydrogen (secondary N) is 1. The van der Waals surface area contributed by atoms with Crippen molar-refractivity contribution >= 4 is 34.6 Å². The molecule has 0 bridgehead atoms. The first-order valence-electron chi connectivity index (χ1n) is 6.01. The molecule has 0 unspecified atom stereocenters. The standard InChI is InChI=1S/C14H12ClN3O3/c1-8-4-2-6-10(15)12(8)17-14(19)9-5-3-7-11(16)13(9)18(20)21/h2-7H,16H2,1H3,(H,17,19). The number of nitrogens with two attached hydrogens (primary N) is 1. The molecule has 0 heterocycles. The summed E-state index contributed by atoms with van der Waals surface area (Å²) in [5, 5.41) is 14.0. The van der Waals surface area contributed by atoms with Crippen LogP contribution in [0.3, 0.4) is 0 Å². The molecule has 7 heteroatoms. The molecule has 2 aromatic carbocycles. The number of rotatable bonds is 3. The molecule has 0 saturated heterocycles. The first-order chi connectivity index (χ1) is 9.91. The van der Waals surface area contributed by atoms with Crippen molar-refractivity contribution in [3.63, 3.8) is 0 Å². The smallest absolute Gasteiger partial charge is 0.304 e. The Kier molecular flexibility index (Phi) is 4.09. The highest BCUT2D eigenvalue weighted by Crippen LogP contribution is 2.29. The fraction of sp³-hybridized carbons (Fsp3) is 0.0714. The van der Waals surface area contributed by atoms with E-state index < -0.39 is 16.5 Å². The van der Waals surface area contributed by atoms with Gasteiger partial charge in [0, 0.05) is 0 Å². The highest BCUT2D eigenvalue weighted by atomic mass is 35.5. The van der Waals surface area contributed by atoms with Gasteiger partial charge in [-0.15, -0.1) is 0 Å². The van der Waals surface area contributed by atoms with Gasteiger partial charge in [-0.05, 0) is 30.7 Å². The zero-order chi connectivity index (χ0) is 15.6. The minimum atomic E-state index is -0.677. The first kappa shape index (κ1) is 14.8. The summed E-state index contributed by atoms with van der Waals surface area (Å²) in [6, 6.07) is 9.34. The molecule has 108 valence electrons. The molecule has 0 aliphatic carbocycles. The molecule has 0 fully saturated rings. The van der Waals surface area contributed by atoms with E-state index in [1.54, 1.807) is 25.1 Å². The molecule has 6 nitrogen and oxygen atoms in total. The molecule has 3 N–H and O–H groups in total. The number of hydrogen-bond donors (Lipinski definition) is 2. The molecule has 0 aromatic heterocycles. The Balaban J connectivity index is 2.43. The van der Waals surface area contributed by atoms with Gasteiger partial charge >= 0.3 is 5.69 Å². The molecule has 2 aromatic rings. The topological polar surface area (TPSA) is 98.3 Å². The second-order valence-corrected chi connectivity index (χ2v) is 4.79. The van der Waals surface area contributed by atoms with Gasteiger partial charge in [0.05, 0.1) is 15.6 Å². The van der Waals surface area contributed by atoms with Crippen molar-refractivity contribution in [1.82, 2.24) is 0 Å². The number of amides is 1. The maximum absolute atomic E-state index is 12.3. The number of benzene rings is 2. The average Bonchev–Trinajstić information content (AvgIpc) is 2.42. The SMILES string of the molecule is Cc1cccc(Cl)c1NC(=O)c1cccc(N)c1[N+](=O)[O-]. The fourth-order valence-corrected chi connectivity index (χ4v) is 2.19. The number of anilines is 2. The van der Waals surface area contributed by atoms with Gasteiger partial charge in [0.15, 0.2) is 0 Å². The summed E-state index contributed by atoms with van der Waals surface area (Å²) in [4.78, 5) is 22.6. The van der Waals surface area contributed by atoms with E-state index >= 15 is 0 Å². The monoisotopic (exact) mass is 305 g/mol. The Morgan fingerprint density at radius 1 is 1.29 bits per heavy atom. The van der Waals surface area contributed by atoms with Gasteiger partial charge in [-0.1, -0.05) is 29.8 Å². The van der Waals surface area contributed by atoms with Crippen molar-refractivity contribution in [2.45, 2.75) is 6.92 Å². The predicted molar refractivity (Wildman–Crippen MR) is 81.7 cm³/mol. The number of carbonyl (C=O) groups is 1. The number of halogens is 1. The van der Waals surface area contributed by atoms with Gasteiger partial charge in [-0.25, -0.2) is 0 Å². The number of hydrogen-bond acceptors (Lipinski definition) is 4. The van der Waals surface area contributed by atoms with Crippen LogP contribution in [0.25, 0.3) is 0 Å². The van der Waals surface area contributed by atoms with Crippen molar-refractivity contribution in [2.24, 2.45) is 0 Å². The summed E-state index contributed by atoms with van der Waals surface area (Å²) in [6.07, 6.45) is 0. The summed E-state index contributed by atoms with van der Waals surface area (Å²) in [7, 11) is 0. The Hall–Kier alpha value is -2.60. The number of para-hydroxylation sites is 2. The van der Waals surface area contributed by atoms with Crippen molar-refractivity contribution in [3.05, 3.63) is 62.7 Å². The van der Waals surface area contributed by atoms with Crippen LogP contribution in [0, 0.1) is 17.0 Å². The Labute approximate surface area is 125 Å². The average molecular weight is 306 g/mol. The Bertz CT molecular complexity index is 711. The van der Waals surface area contributed by atoms with E-state index in [2.05, 4.69) is 5.32 Å². The van der Waals surface area contributed by atoms with Crippen LogP contribution in [-0.4, -0.2) is 10.8 Å². The number of nitrogen functional groups attached to an aromatic ring is 1. The van der Waals surface area contributed by atoms with E-state index in [9.17, 15) is 14.9 Å². The summed E-state index contributed by atoms with van der Waals surface area (Å²) in [6.45, 7) is 1.77. The summed E-state index contributed by atoms with van der Waals surface area (Å²) in [5.41, 5.74) is 6.14. The van der Waals surface area contributed by atoms with Crippen LogP contribution in [-0.2, 0) is 0 Å². The summed E-state index contributed by atoms with van der Waals surface area (Å²) >= 11 is 6.02. The highest BCUT2D eigenvalue weighted by Gasteiger charge is 2.23. The summed E-state index contributed by atoms with van der Waals surface area (Å²) in [5.74, 6) is -0.634. The molecular weight excluding hydrogens is 294 g/mol. The highest BCUT2D eigenvalue weighted by molar-refractivity contribution is 6.34. The maximum atomic E-state index is 12.3. The molecular formula is C14H12ClN3O3. The fourth-order valence-electron chi connectivity index (χ4n) is 1.92. The van der Waals surface area contributed by atoms with Gasteiger partial charge in [0.25, 0.3) is 5.91 Å². The van der Waals surface area contributed by atoms with Gasteiger partial charge < -0.3 is 11.1 Å². The van der Waals surface area contributed by atoms with Crippen molar-refractivity contribution in [2.75, 3.05) is 11.1 Å². The van der Waals surface area contributed by atoms with E-state index in [-0.39, 0.29) is 11.3 Å². The van der Waals surface area contributed by atoms with Crippen LogP contribution >= 0.6 is 11.6 Å². The quantitative estimate of drug-likeness (QED) is 0.516. The van der Waals surface area contributed by atoms with Crippen LogP contribution in [0.5, 0.6) is 0 Å². The molecule has 0 aliphatic rings. The van der Waals surface area contributed by atoms with E-state index in [1.165, 1.54) is 18.2 Å².